The Morgan fingerprint density at radius 3 is 3.43 bits per heavy atom. The van der Waals surface area contributed by atoms with Gasteiger partial charge in [0.1, 0.15) is 0 Å². The molecule has 0 N–H and O–H groups in total. The van der Waals surface area contributed by atoms with E-state index in [4.69, 9.17) is 9.60 Å². The van der Waals surface area contributed by atoms with Gasteiger partial charge in [0, 0.05) is 4.11 Å². The Balaban J connectivity index is 3.49. The molecule has 0 saturated carbocycles. The van der Waals surface area contributed by atoms with Crippen molar-refractivity contribution >= 4 is 0 Å². The highest BCUT2D eigenvalue weighted by molar-refractivity contribution is 5.11. The van der Waals surface area contributed by atoms with E-state index in [0.717, 1.165) is 6.07 Å². The molecule has 0 aromatic heterocycles. The van der Waals surface area contributed by atoms with E-state index in [1.54, 1.807) is 0 Å². The molecule has 0 heteroatoms. The van der Waals surface area contributed by atoms with Crippen molar-refractivity contribution in [2.45, 2.75) is 6.85 Å². The Hall–Kier alpha value is -0.780. The van der Waals surface area contributed by atoms with E-state index in [0.29, 0.717) is 0 Å². The molecule has 0 amide bonds. The van der Waals surface area contributed by atoms with Gasteiger partial charge in [0.2, 0.25) is 0 Å². The van der Waals surface area contributed by atoms with Crippen molar-refractivity contribution in [3.8, 4) is 0 Å². The normalized spacial score (nSPS) is 24.9. The standard InChI is InChI=1S/C7H8/c1-7-5-3-2-4-6-7/h2-6H,1H3/i1D3,2D,3D,4D,5D. The summed E-state index contributed by atoms with van der Waals surface area (Å²) in [6.07, 6.45) is 0. The van der Waals surface area contributed by atoms with Crippen LogP contribution in [0.5, 0.6) is 0 Å². The SMILES string of the molecule is [2H]c1cc(C([2H])([2H])[2H])c([2H])c([2H])c1[2H]. The van der Waals surface area contributed by atoms with E-state index in [2.05, 4.69) is 0 Å². The lowest BCUT2D eigenvalue weighted by Crippen LogP contribution is -1.62. The molecule has 0 heterocycles. The molecule has 36 valence electrons. The van der Waals surface area contributed by atoms with E-state index >= 15 is 0 Å². The zero-order chi connectivity index (χ0) is 11.1. The van der Waals surface area contributed by atoms with Gasteiger partial charge in [-0.3, -0.25) is 0 Å². The van der Waals surface area contributed by atoms with Gasteiger partial charge in [0.05, 0.1) is 5.48 Å². The number of hydrogen-bond acceptors (Lipinski definition) is 0. The maximum atomic E-state index is 7.34. The molecule has 0 nitrogen and oxygen atoms in total. The fourth-order valence-corrected chi connectivity index (χ4v) is 0.279. The maximum absolute atomic E-state index is 7.34. The second-order valence-electron chi connectivity index (χ2n) is 1.08. The van der Waals surface area contributed by atoms with Crippen LogP contribution in [0.2, 0.25) is 0 Å². The number of hydrogen-bond donors (Lipinski definition) is 0. The fourth-order valence-electron chi connectivity index (χ4n) is 0.279. The minimum Gasteiger partial charge on any atom is -0.0622 e. The lowest BCUT2D eigenvalue weighted by Gasteiger charge is -1.82. The summed E-state index contributed by atoms with van der Waals surface area (Å²) in [5.41, 5.74) is -0.344. The first-order chi connectivity index (χ1) is 6.25. The molecule has 0 aliphatic heterocycles. The van der Waals surface area contributed by atoms with Crippen LogP contribution < -0.4 is 0 Å². The summed E-state index contributed by atoms with van der Waals surface area (Å²) < 4.78 is 50.2. The van der Waals surface area contributed by atoms with E-state index < -0.39 is 25.0 Å². The summed E-state index contributed by atoms with van der Waals surface area (Å²) in [4.78, 5) is 0. The van der Waals surface area contributed by atoms with Gasteiger partial charge >= 0.3 is 0 Å². The highest BCUT2D eigenvalue weighted by atomic mass is 13.8. The van der Waals surface area contributed by atoms with Crippen LogP contribution >= 0.6 is 0 Å². The Labute approximate surface area is 53.6 Å². The minimum atomic E-state index is -2.50. The Morgan fingerprint density at radius 2 is 2.57 bits per heavy atom. The minimum absolute atomic E-state index is 0.336. The van der Waals surface area contributed by atoms with Crippen LogP contribution in [0.15, 0.2) is 30.2 Å². The van der Waals surface area contributed by atoms with Crippen LogP contribution in [0.4, 0.5) is 0 Å². The van der Waals surface area contributed by atoms with Crippen molar-refractivity contribution in [1.29, 1.82) is 0 Å². The quantitative estimate of drug-likeness (QED) is 0.466. The second kappa shape index (κ2) is 1.78. The van der Waals surface area contributed by atoms with Gasteiger partial charge in [-0.05, 0) is 6.85 Å². The maximum Gasteiger partial charge on any atom is 0.0625 e. The lowest BCUT2D eigenvalue weighted by atomic mass is 10.2. The second-order valence-corrected chi connectivity index (χ2v) is 1.08. The van der Waals surface area contributed by atoms with Gasteiger partial charge in [-0.15, -0.1) is 0 Å². The molecular formula is C7H8. The Morgan fingerprint density at radius 1 is 1.57 bits per heavy atom. The molecule has 0 saturated heterocycles. The average molecular weight is 99.2 g/mol. The molecule has 1 rings (SSSR count). The van der Waals surface area contributed by atoms with Crippen molar-refractivity contribution in [1.82, 2.24) is 0 Å². The zero-order valence-electron chi connectivity index (χ0n) is 10.6. The fraction of sp³-hybridized carbons (Fsp3) is 0.143. The highest BCUT2D eigenvalue weighted by Crippen LogP contribution is 1.92. The van der Waals surface area contributed by atoms with Crippen LogP contribution in [-0.2, 0) is 0 Å². The molecule has 7 heavy (non-hydrogen) atoms. The third-order valence-electron chi connectivity index (χ3n) is 0.548. The average Bonchev–Trinajstić information content (AvgIpc) is 2.06. The van der Waals surface area contributed by atoms with Gasteiger partial charge in [-0.1, -0.05) is 35.8 Å². The molecule has 1 aromatic rings. The third kappa shape index (κ3) is 1.04. The molecular weight excluding hydrogens is 84.1 g/mol. The monoisotopic (exact) mass is 99.1 g/mol. The van der Waals surface area contributed by atoms with Gasteiger partial charge < -0.3 is 0 Å². The molecule has 0 atom stereocenters. The molecule has 1 aromatic carbocycles. The van der Waals surface area contributed by atoms with Crippen LogP contribution in [0.1, 0.15) is 15.2 Å². The van der Waals surface area contributed by atoms with Gasteiger partial charge in [0.25, 0.3) is 0 Å². The number of rotatable bonds is 0. The van der Waals surface area contributed by atoms with Crippen molar-refractivity contribution in [3.05, 3.63) is 35.8 Å². The predicted octanol–water partition coefficient (Wildman–Crippen LogP) is 2.00. The third-order valence-corrected chi connectivity index (χ3v) is 0.548. The van der Waals surface area contributed by atoms with E-state index in [-0.39, 0.29) is 11.6 Å². The lowest BCUT2D eigenvalue weighted by molar-refractivity contribution is 1.48. The first-order valence-corrected chi connectivity index (χ1v) is 1.83. The van der Waals surface area contributed by atoms with E-state index in [1.807, 2.05) is 0 Å². The molecule has 0 fully saturated rings. The van der Waals surface area contributed by atoms with Gasteiger partial charge in [-0.25, -0.2) is 0 Å². The van der Waals surface area contributed by atoms with Gasteiger partial charge in [0.15, 0.2) is 0 Å². The van der Waals surface area contributed by atoms with Crippen molar-refractivity contribution in [3.63, 3.8) is 0 Å². The van der Waals surface area contributed by atoms with E-state index in [1.165, 1.54) is 0 Å². The summed E-state index contributed by atoms with van der Waals surface area (Å²) in [5.74, 6) is 0. The summed E-state index contributed by atoms with van der Waals surface area (Å²) >= 11 is 0. The summed E-state index contributed by atoms with van der Waals surface area (Å²) in [6.45, 7) is -2.50. The summed E-state index contributed by atoms with van der Waals surface area (Å²) in [5, 5.41) is 0. The van der Waals surface area contributed by atoms with Crippen molar-refractivity contribution in [2.75, 3.05) is 0 Å². The molecule has 0 aliphatic carbocycles. The molecule has 0 spiro atoms. The smallest absolute Gasteiger partial charge is 0.0622 e. The largest absolute Gasteiger partial charge is 0.0625 e. The Bertz CT molecular complexity index is 365. The van der Waals surface area contributed by atoms with Crippen LogP contribution in [0, 0.1) is 6.85 Å². The predicted molar refractivity (Wildman–Crippen MR) is 31.2 cm³/mol. The number of benzene rings is 1. The van der Waals surface area contributed by atoms with Gasteiger partial charge in [-0.2, -0.15) is 0 Å². The highest BCUT2D eigenvalue weighted by Gasteiger charge is 1.72. The summed E-state index contributed by atoms with van der Waals surface area (Å²) in [6, 6.07) is -0.801. The molecule has 0 radical (unpaired) electrons. The van der Waals surface area contributed by atoms with E-state index in [9.17, 15) is 0 Å². The molecule has 0 aliphatic rings. The first-order valence-electron chi connectivity index (χ1n) is 5.33. The molecule has 0 bridgehead atoms. The zero-order valence-corrected chi connectivity index (χ0v) is 3.58. The van der Waals surface area contributed by atoms with Crippen LogP contribution in [0.3, 0.4) is 0 Å². The van der Waals surface area contributed by atoms with Crippen LogP contribution in [-0.4, -0.2) is 0 Å². The van der Waals surface area contributed by atoms with Crippen molar-refractivity contribution in [2.24, 2.45) is 0 Å². The Kier molecular flexibility index (Phi) is 0.247. The first kappa shape index (κ1) is 0.970. The summed E-state index contributed by atoms with van der Waals surface area (Å²) in [7, 11) is 0. The number of aryl methyl sites for hydroxylation is 1. The van der Waals surface area contributed by atoms with Crippen molar-refractivity contribution < 1.29 is 9.60 Å². The van der Waals surface area contributed by atoms with Crippen LogP contribution in [0.25, 0.3) is 0 Å². The topological polar surface area (TPSA) is 0 Å². The molecule has 0 unspecified atom stereocenters.